The second-order valence-corrected chi connectivity index (χ2v) is 11.4. The first-order valence-corrected chi connectivity index (χ1v) is 14.1. The summed E-state index contributed by atoms with van der Waals surface area (Å²) in [6.07, 6.45) is -0.628. The van der Waals surface area contributed by atoms with E-state index in [4.69, 9.17) is 9.53 Å². The maximum Gasteiger partial charge on any atom is 0.446 e. The molecule has 2 aliphatic heterocycles. The predicted octanol–water partition coefficient (Wildman–Crippen LogP) is 5.75. The van der Waals surface area contributed by atoms with Crippen molar-refractivity contribution in [2.75, 3.05) is 31.6 Å². The van der Waals surface area contributed by atoms with Crippen molar-refractivity contribution in [2.24, 2.45) is 0 Å². The van der Waals surface area contributed by atoms with Gasteiger partial charge in [-0.25, -0.2) is 0 Å². The molecule has 2 fully saturated rings. The maximum atomic E-state index is 12.9. The normalized spacial score (nSPS) is 22.0. The highest BCUT2D eigenvalue weighted by Crippen LogP contribution is 2.65. The number of aromatic nitrogens is 2. The highest BCUT2D eigenvalue weighted by atomic mass is 32.1. The molecule has 212 valence electrons. The molecule has 7 nitrogen and oxygen atoms in total. The molecule has 1 amide bonds. The van der Waals surface area contributed by atoms with E-state index in [-0.39, 0.29) is 11.8 Å². The Morgan fingerprint density at radius 1 is 1.12 bits per heavy atom. The van der Waals surface area contributed by atoms with Crippen LogP contribution in [-0.2, 0) is 26.3 Å². The number of nitrogens with zero attached hydrogens (tertiary/aromatic N) is 2. The number of aromatic amines is 1. The van der Waals surface area contributed by atoms with Crippen molar-refractivity contribution in [3.63, 3.8) is 0 Å². The number of hydrogen-bond donors (Lipinski definition) is 2. The predicted molar refractivity (Wildman–Crippen MR) is 152 cm³/mol. The van der Waals surface area contributed by atoms with Crippen LogP contribution in [0.3, 0.4) is 0 Å². The number of benzene rings is 2. The SMILES string of the molecule is O=C1Nc2ccccc2[C@]12C[C@H]2c1ccc2c(/C=C/c3csc(CN4CCOCC4)c3)n[nH]c2c1.O=CC(F)(F)F. The second-order valence-electron chi connectivity index (χ2n) is 10.4. The van der Waals surface area contributed by atoms with Crippen molar-refractivity contribution in [3.05, 3.63) is 81.2 Å². The third-order valence-electron chi connectivity index (χ3n) is 7.77. The molecule has 0 radical (unpaired) electrons. The summed E-state index contributed by atoms with van der Waals surface area (Å²) in [5, 5.41) is 14.1. The number of morpholine rings is 1. The van der Waals surface area contributed by atoms with E-state index in [9.17, 15) is 18.0 Å². The number of nitrogens with one attached hydrogen (secondary N) is 2. The number of ether oxygens (including phenoxy) is 1. The quantitative estimate of drug-likeness (QED) is 0.294. The zero-order chi connectivity index (χ0) is 28.6. The molecule has 11 heteroatoms. The molecule has 1 spiro atoms. The highest BCUT2D eigenvalue weighted by molar-refractivity contribution is 7.10. The summed E-state index contributed by atoms with van der Waals surface area (Å²) in [6.45, 7) is 4.65. The number of anilines is 1. The van der Waals surface area contributed by atoms with Crippen molar-refractivity contribution in [3.8, 4) is 0 Å². The molecule has 0 unspecified atom stereocenters. The molecule has 1 saturated carbocycles. The minimum Gasteiger partial charge on any atom is -0.379 e. The fourth-order valence-corrected chi connectivity index (χ4v) is 6.57. The zero-order valence-corrected chi connectivity index (χ0v) is 22.7. The van der Waals surface area contributed by atoms with E-state index in [1.54, 1.807) is 11.3 Å². The summed E-state index contributed by atoms with van der Waals surface area (Å²) in [5.41, 5.74) is 6.01. The van der Waals surface area contributed by atoms with Gasteiger partial charge in [0.1, 0.15) is 0 Å². The molecule has 7 rings (SSSR count). The molecule has 2 aromatic heterocycles. The van der Waals surface area contributed by atoms with Crippen molar-refractivity contribution >= 4 is 52.3 Å². The number of hydrogen-bond acceptors (Lipinski definition) is 6. The number of carbonyl (C=O) groups is 2. The van der Waals surface area contributed by atoms with Crippen LogP contribution in [-0.4, -0.2) is 59.8 Å². The average molecular weight is 581 g/mol. The van der Waals surface area contributed by atoms with Crippen LogP contribution in [0.5, 0.6) is 0 Å². The first-order valence-electron chi connectivity index (χ1n) is 13.2. The zero-order valence-electron chi connectivity index (χ0n) is 21.9. The third-order valence-corrected chi connectivity index (χ3v) is 8.70. The van der Waals surface area contributed by atoms with Crippen LogP contribution in [0.15, 0.2) is 53.9 Å². The minimum absolute atomic E-state index is 0.126. The van der Waals surface area contributed by atoms with Crippen molar-refractivity contribution in [1.82, 2.24) is 15.1 Å². The van der Waals surface area contributed by atoms with E-state index in [0.717, 1.165) is 67.1 Å². The van der Waals surface area contributed by atoms with Crippen molar-refractivity contribution < 1.29 is 27.5 Å². The molecule has 2 atom stereocenters. The van der Waals surface area contributed by atoms with Crippen molar-refractivity contribution in [1.29, 1.82) is 0 Å². The fraction of sp³-hybridized carbons (Fsp3) is 0.300. The fourth-order valence-electron chi connectivity index (χ4n) is 5.68. The van der Waals surface area contributed by atoms with Crippen LogP contribution in [0, 0.1) is 0 Å². The van der Waals surface area contributed by atoms with Crippen molar-refractivity contribution in [2.45, 2.75) is 30.5 Å². The molecule has 2 N–H and O–H groups in total. The van der Waals surface area contributed by atoms with Crippen LogP contribution >= 0.6 is 11.3 Å². The van der Waals surface area contributed by atoms with E-state index in [1.807, 2.05) is 18.2 Å². The van der Waals surface area contributed by atoms with E-state index >= 15 is 0 Å². The standard InChI is InChI=1S/C28H26N4O2S.C2HF3O/c33-27-28(22-3-1-2-4-25(22)29-27)15-23(28)19-6-7-21-24(30-31-26(21)14-19)8-5-18-13-20(35-17-18)16-32-9-11-34-12-10-32;3-2(4,5)1-6/h1-8,13-14,17,23H,9-12,15-16H2,(H,29,33)(H,30,31);1H/b8-5+;/t23-,28-;/m0./s1. The highest BCUT2D eigenvalue weighted by Gasteiger charge is 2.65. The summed E-state index contributed by atoms with van der Waals surface area (Å²) in [5.74, 6) is 0.328. The lowest BCUT2D eigenvalue weighted by Crippen LogP contribution is -2.35. The lowest BCUT2D eigenvalue weighted by atomic mass is 9.92. The molecule has 3 aliphatic rings. The largest absolute Gasteiger partial charge is 0.446 e. The Labute approximate surface area is 238 Å². The number of para-hydroxylation sites is 1. The van der Waals surface area contributed by atoms with Crippen LogP contribution < -0.4 is 5.32 Å². The number of H-pyrrole nitrogens is 1. The number of alkyl halides is 3. The van der Waals surface area contributed by atoms with Gasteiger partial charge in [0.05, 0.1) is 29.8 Å². The van der Waals surface area contributed by atoms with Gasteiger partial charge in [0.25, 0.3) is 0 Å². The summed E-state index contributed by atoms with van der Waals surface area (Å²) < 4.78 is 36.7. The maximum absolute atomic E-state index is 12.9. The van der Waals surface area contributed by atoms with Crippen LogP contribution in [0.25, 0.3) is 23.1 Å². The number of rotatable bonds is 5. The van der Waals surface area contributed by atoms with Gasteiger partial charge < -0.3 is 10.1 Å². The van der Waals surface area contributed by atoms with Gasteiger partial charge in [-0.1, -0.05) is 36.4 Å². The molecule has 4 heterocycles. The lowest BCUT2D eigenvalue weighted by molar-refractivity contribution is -0.156. The van der Waals surface area contributed by atoms with E-state index in [1.165, 1.54) is 16.0 Å². The molecule has 4 aromatic rings. The van der Waals surface area contributed by atoms with Gasteiger partial charge >= 0.3 is 6.18 Å². The monoisotopic (exact) mass is 580 g/mol. The number of aldehydes is 1. The van der Waals surface area contributed by atoms with Crippen LogP contribution in [0.2, 0.25) is 0 Å². The topological polar surface area (TPSA) is 87.3 Å². The lowest BCUT2D eigenvalue weighted by Gasteiger charge is -2.25. The Morgan fingerprint density at radius 3 is 2.68 bits per heavy atom. The van der Waals surface area contributed by atoms with Crippen LogP contribution in [0.4, 0.5) is 18.9 Å². The Hall–Kier alpha value is -3.80. The molecule has 2 aromatic carbocycles. The number of fused-ring (bicyclic) bond motifs is 3. The van der Waals surface area contributed by atoms with Gasteiger partial charge in [-0.05, 0) is 52.8 Å². The van der Waals surface area contributed by atoms with E-state index in [2.05, 4.69) is 68.3 Å². The van der Waals surface area contributed by atoms with E-state index < -0.39 is 17.9 Å². The minimum atomic E-state index is -4.64. The molecule has 0 bridgehead atoms. The molecule has 41 heavy (non-hydrogen) atoms. The smallest absolute Gasteiger partial charge is 0.379 e. The van der Waals surface area contributed by atoms with E-state index in [0.29, 0.717) is 0 Å². The van der Waals surface area contributed by atoms with Gasteiger partial charge in [-0.2, -0.15) is 18.3 Å². The molecular formula is C30H27F3N4O3S. The molecular weight excluding hydrogens is 553 g/mol. The number of carbonyl (C=O) groups excluding carboxylic acids is 2. The number of amides is 1. The third kappa shape index (κ3) is 5.57. The molecule has 1 aliphatic carbocycles. The number of thiophene rings is 1. The first kappa shape index (κ1) is 27.4. The summed E-state index contributed by atoms with van der Waals surface area (Å²) in [7, 11) is 0. The van der Waals surface area contributed by atoms with Gasteiger partial charge in [0.15, 0.2) is 0 Å². The van der Waals surface area contributed by atoms with Gasteiger partial charge in [-0.15, -0.1) is 11.3 Å². The van der Waals surface area contributed by atoms with Gasteiger partial charge in [-0.3, -0.25) is 19.6 Å². The first-order chi connectivity index (χ1) is 19.8. The Bertz CT molecular complexity index is 1620. The second kappa shape index (κ2) is 10.9. The Morgan fingerprint density at radius 2 is 1.90 bits per heavy atom. The molecule has 1 saturated heterocycles. The van der Waals surface area contributed by atoms with Gasteiger partial charge in [0, 0.05) is 41.5 Å². The van der Waals surface area contributed by atoms with Crippen LogP contribution in [0.1, 0.15) is 39.6 Å². The average Bonchev–Trinajstić information content (AvgIpc) is 3.20. The Balaban J connectivity index is 0.000000458. The summed E-state index contributed by atoms with van der Waals surface area (Å²) >= 11 is 1.81. The Kier molecular flexibility index (Phi) is 7.27. The summed E-state index contributed by atoms with van der Waals surface area (Å²) in [6, 6.07) is 16.8. The number of halogens is 3. The summed E-state index contributed by atoms with van der Waals surface area (Å²) in [4.78, 5) is 25.4. The van der Waals surface area contributed by atoms with Gasteiger partial charge in [0.2, 0.25) is 12.2 Å².